The number of fused-ring (bicyclic) bond motifs is 2. The zero-order chi connectivity index (χ0) is 18.1. The van der Waals surface area contributed by atoms with E-state index in [4.69, 9.17) is 16.3 Å². The van der Waals surface area contributed by atoms with Gasteiger partial charge in [-0.1, -0.05) is 48.5 Å². The Hall–Kier alpha value is -1.00. The number of benzene rings is 2. The Morgan fingerprint density at radius 1 is 1.12 bits per heavy atom. The van der Waals surface area contributed by atoms with E-state index in [-0.39, 0.29) is 5.60 Å². The van der Waals surface area contributed by atoms with Gasteiger partial charge in [0.15, 0.2) is 0 Å². The van der Waals surface area contributed by atoms with Gasteiger partial charge in [0.2, 0.25) is 0 Å². The number of ether oxygens (including phenoxy) is 1. The molecule has 1 aliphatic rings. The van der Waals surface area contributed by atoms with Crippen molar-refractivity contribution in [3.05, 3.63) is 58.6 Å². The van der Waals surface area contributed by atoms with Crippen LogP contribution >= 0.6 is 23.4 Å². The highest BCUT2D eigenvalue weighted by Crippen LogP contribution is 2.50. The van der Waals surface area contributed by atoms with Crippen molar-refractivity contribution in [2.45, 2.75) is 61.0 Å². The first-order chi connectivity index (χ1) is 11.9. The lowest BCUT2D eigenvalue weighted by Crippen LogP contribution is -2.32. The van der Waals surface area contributed by atoms with Gasteiger partial charge >= 0.3 is 0 Å². The average Bonchev–Trinajstić information content (AvgIpc) is 2.60. The molecular weight excluding hydrogens is 352 g/mol. The normalized spacial score (nSPS) is 19.4. The van der Waals surface area contributed by atoms with Gasteiger partial charge in [-0.25, -0.2) is 0 Å². The summed E-state index contributed by atoms with van der Waals surface area (Å²) in [4.78, 5) is 2.18. The maximum atomic E-state index is 11.7. The second-order valence-electron chi connectivity index (χ2n) is 7.16. The van der Waals surface area contributed by atoms with Crippen molar-refractivity contribution in [3.8, 4) is 0 Å². The van der Waals surface area contributed by atoms with E-state index in [0.717, 1.165) is 33.8 Å². The van der Waals surface area contributed by atoms with E-state index in [1.54, 1.807) is 11.8 Å². The zero-order valence-electron chi connectivity index (χ0n) is 15.0. The van der Waals surface area contributed by atoms with Gasteiger partial charge in [-0.05, 0) is 57.4 Å². The Labute approximate surface area is 159 Å². The minimum Gasteiger partial charge on any atom is -0.380 e. The van der Waals surface area contributed by atoms with Gasteiger partial charge in [0, 0.05) is 32.5 Å². The first-order valence-corrected chi connectivity index (χ1v) is 9.99. The van der Waals surface area contributed by atoms with Crippen LogP contribution in [0.15, 0.2) is 52.3 Å². The maximum Gasteiger partial charge on any atom is 0.117 e. The quantitative estimate of drug-likeness (QED) is 0.624. The van der Waals surface area contributed by atoms with E-state index in [1.165, 1.54) is 0 Å². The van der Waals surface area contributed by atoms with Crippen LogP contribution in [0.4, 0.5) is 0 Å². The average molecular weight is 377 g/mol. The molecule has 1 unspecified atom stereocenters. The molecule has 0 saturated carbocycles. The molecule has 2 aromatic carbocycles. The summed E-state index contributed by atoms with van der Waals surface area (Å²) in [6.07, 6.45) is 2.36. The summed E-state index contributed by atoms with van der Waals surface area (Å²) in [5, 5.41) is 12.3. The molecule has 3 rings (SSSR count). The van der Waals surface area contributed by atoms with E-state index in [9.17, 15) is 5.11 Å². The van der Waals surface area contributed by atoms with E-state index in [0.29, 0.717) is 18.1 Å². The van der Waals surface area contributed by atoms with Crippen molar-refractivity contribution in [1.29, 1.82) is 0 Å². The van der Waals surface area contributed by atoms with E-state index in [1.807, 2.05) is 36.4 Å². The molecule has 2 nitrogen and oxygen atoms in total. The first-order valence-electron chi connectivity index (χ1n) is 8.79. The second kappa shape index (κ2) is 7.32. The molecule has 0 aromatic heterocycles. The van der Waals surface area contributed by atoms with Crippen molar-refractivity contribution < 1.29 is 9.84 Å². The lowest BCUT2D eigenvalue weighted by Gasteiger charge is -2.36. The second-order valence-corrected chi connectivity index (χ2v) is 8.68. The largest absolute Gasteiger partial charge is 0.380 e. The molecule has 134 valence electrons. The fourth-order valence-corrected chi connectivity index (χ4v) is 4.50. The molecule has 1 N–H and O–H groups in total. The highest BCUT2D eigenvalue weighted by atomic mass is 35.5. The van der Waals surface area contributed by atoms with Crippen LogP contribution in [0.5, 0.6) is 0 Å². The molecule has 0 spiro atoms. The molecule has 1 atom stereocenters. The van der Waals surface area contributed by atoms with Crippen LogP contribution in [-0.2, 0) is 10.3 Å². The fourth-order valence-electron chi connectivity index (χ4n) is 3.12. The van der Waals surface area contributed by atoms with E-state index in [2.05, 4.69) is 26.8 Å². The topological polar surface area (TPSA) is 29.5 Å². The van der Waals surface area contributed by atoms with E-state index >= 15 is 0 Å². The van der Waals surface area contributed by atoms with Gasteiger partial charge in [0.1, 0.15) is 5.60 Å². The standard InChI is InChI=1S/C21H25ClO2S/c1-4-20(2,3)24-13-7-12-21(23)16-8-5-6-9-18(16)25-19-11-10-15(22)14-17(19)21/h5-6,8-11,14,23H,4,7,12-13H2,1-3H3. The minimum atomic E-state index is -1.03. The highest BCUT2D eigenvalue weighted by molar-refractivity contribution is 7.99. The number of rotatable bonds is 6. The van der Waals surface area contributed by atoms with Crippen molar-refractivity contribution in [3.63, 3.8) is 0 Å². The first kappa shape index (κ1) is 18.8. The third kappa shape index (κ3) is 3.90. The number of hydrogen-bond acceptors (Lipinski definition) is 3. The Balaban J connectivity index is 1.87. The third-order valence-electron chi connectivity index (χ3n) is 4.97. The van der Waals surface area contributed by atoms with Gasteiger partial charge in [0.25, 0.3) is 0 Å². The lowest BCUT2D eigenvalue weighted by atomic mass is 9.82. The van der Waals surface area contributed by atoms with Crippen LogP contribution in [0.2, 0.25) is 5.02 Å². The Morgan fingerprint density at radius 3 is 2.60 bits per heavy atom. The molecule has 4 heteroatoms. The Bertz CT molecular complexity index is 759. The van der Waals surface area contributed by atoms with Crippen molar-refractivity contribution in [2.75, 3.05) is 6.61 Å². The Kier molecular flexibility index (Phi) is 5.50. The molecule has 0 fully saturated rings. The molecule has 2 aromatic rings. The van der Waals surface area contributed by atoms with Crippen LogP contribution in [0.1, 0.15) is 51.2 Å². The number of aliphatic hydroxyl groups is 1. The zero-order valence-corrected chi connectivity index (χ0v) is 16.6. The van der Waals surface area contributed by atoms with Gasteiger partial charge in [-0.15, -0.1) is 0 Å². The highest BCUT2D eigenvalue weighted by Gasteiger charge is 2.39. The van der Waals surface area contributed by atoms with Crippen LogP contribution in [0.3, 0.4) is 0 Å². The SMILES string of the molecule is CCC(C)(C)OCCCC1(O)c2ccccc2Sc2ccc(Cl)cc21. The lowest BCUT2D eigenvalue weighted by molar-refractivity contribution is -0.0307. The van der Waals surface area contributed by atoms with Gasteiger partial charge in [0.05, 0.1) is 5.60 Å². The number of halogens is 1. The van der Waals surface area contributed by atoms with Crippen LogP contribution in [-0.4, -0.2) is 17.3 Å². The summed E-state index contributed by atoms with van der Waals surface area (Å²) in [5.41, 5.74) is 0.717. The minimum absolute atomic E-state index is 0.121. The summed E-state index contributed by atoms with van der Waals surface area (Å²) >= 11 is 7.92. The smallest absolute Gasteiger partial charge is 0.117 e. The maximum absolute atomic E-state index is 11.7. The molecule has 0 saturated heterocycles. The molecule has 1 heterocycles. The molecular formula is C21H25ClO2S. The number of hydrogen-bond donors (Lipinski definition) is 1. The summed E-state index contributed by atoms with van der Waals surface area (Å²) in [7, 11) is 0. The van der Waals surface area contributed by atoms with Crippen LogP contribution in [0, 0.1) is 0 Å². The molecule has 0 bridgehead atoms. The van der Waals surface area contributed by atoms with Gasteiger partial charge in [-0.2, -0.15) is 0 Å². The molecule has 0 amide bonds. The summed E-state index contributed by atoms with van der Waals surface area (Å²) in [6, 6.07) is 13.9. The van der Waals surface area contributed by atoms with Crippen molar-refractivity contribution in [2.24, 2.45) is 0 Å². The Morgan fingerprint density at radius 2 is 1.84 bits per heavy atom. The monoisotopic (exact) mass is 376 g/mol. The predicted molar refractivity (Wildman–Crippen MR) is 105 cm³/mol. The molecule has 1 aliphatic heterocycles. The van der Waals surface area contributed by atoms with Crippen LogP contribution in [0.25, 0.3) is 0 Å². The molecule has 0 radical (unpaired) electrons. The molecule has 0 aliphatic carbocycles. The van der Waals surface area contributed by atoms with Crippen LogP contribution < -0.4 is 0 Å². The summed E-state index contributed by atoms with van der Waals surface area (Å²) in [6.45, 7) is 6.96. The van der Waals surface area contributed by atoms with Crippen molar-refractivity contribution >= 4 is 23.4 Å². The van der Waals surface area contributed by atoms with E-state index < -0.39 is 5.60 Å². The molecule has 25 heavy (non-hydrogen) atoms. The van der Waals surface area contributed by atoms with Gasteiger partial charge < -0.3 is 9.84 Å². The predicted octanol–water partition coefficient (Wildman–Crippen LogP) is 6.03. The summed E-state index contributed by atoms with van der Waals surface area (Å²) in [5.74, 6) is 0. The van der Waals surface area contributed by atoms with Crippen molar-refractivity contribution in [1.82, 2.24) is 0 Å². The third-order valence-corrected chi connectivity index (χ3v) is 6.35. The van der Waals surface area contributed by atoms with Gasteiger partial charge in [-0.3, -0.25) is 0 Å². The summed E-state index contributed by atoms with van der Waals surface area (Å²) < 4.78 is 5.97. The fraction of sp³-hybridized carbons (Fsp3) is 0.429.